The van der Waals surface area contributed by atoms with E-state index in [1.54, 1.807) is 25.1 Å². The minimum absolute atomic E-state index is 0.000511. The maximum absolute atomic E-state index is 15.0. The molecule has 0 saturated carbocycles. The third-order valence-corrected chi connectivity index (χ3v) is 4.76. The average Bonchev–Trinajstić information content (AvgIpc) is 3.02. The summed E-state index contributed by atoms with van der Waals surface area (Å²) in [4.78, 5) is 18.5. The molecule has 0 aliphatic carbocycles. The van der Waals surface area contributed by atoms with Gasteiger partial charge in [-0.1, -0.05) is 17.7 Å². The highest BCUT2D eigenvalue weighted by molar-refractivity contribution is 9.10. The van der Waals surface area contributed by atoms with E-state index in [4.69, 9.17) is 27.3 Å². The van der Waals surface area contributed by atoms with E-state index in [9.17, 15) is 9.18 Å². The Morgan fingerprint density at radius 2 is 2.21 bits per heavy atom. The van der Waals surface area contributed by atoms with Crippen LogP contribution in [0.4, 0.5) is 10.3 Å². The Labute approximate surface area is 178 Å². The van der Waals surface area contributed by atoms with Crippen LogP contribution in [-0.2, 0) is 6.54 Å². The van der Waals surface area contributed by atoms with Crippen LogP contribution < -0.4 is 15.8 Å². The molecule has 148 valence electrons. The molecule has 0 fully saturated rings. The first-order chi connectivity index (χ1) is 13.8. The largest absolute Gasteiger partial charge is 0.453 e. The summed E-state index contributed by atoms with van der Waals surface area (Å²) >= 11 is 9.10. The molecule has 1 aromatic heterocycles. The standard InChI is InChI=1S/C19H14BrClFN5O2/c1-9-4-10(7-23)6-12(5-9)29-16-13(20)3-2-11(14(16)22)8-25-18(28)15-17(21)27-19(24)26-15/h2-6H,8H2,1H3,(H,25,28)(H3,24,26,27). The van der Waals surface area contributed by atoms with Crippen molar-refractivity contribution in [2.45, 2.75) is 13.5 Å². The molecular formula is C19H14BrClFN5O2. The first-order valence-electron chi connectivity index (χ1n) is 8.24. The molecular weight excluding hydrogens is 465 g/mol. The van der Waals surface area contributed by atoms with E-state index in [-0.39, 0.29) is 34.7 Å². The summed E-state index contributed by atoms with van der Waals surface area (Å²) in [5.41, 5.74) is 6.76. The Morgan fingerprint density at radius 3 is 2.86 bits per heavy atom. The lowest BCUT2D eigenvalue weighted by molar-refractivity contribution is 0.0946. The molecule has 0 spiro atoms. The van der Waals surface area contributed by atoms with Gasteiger partial charge in [-0.25, -0.2) is 9.37 Å². The van der Waals surface area contributed by atoms with Crippen LogP contribution in [0.15, 0.2) is 34.8 Å². The molecule has 4 N–H and O–H groups in total. The number of nitrogen functional groups attached to an aromatic ring is 1. The smallest absolute Gasteiger partial charge is 0.273 e. The molecule has 0 bridgehead atoms. The molecule has 10 heteroatoms. The van der Waals surface area contributed by atoms with Crippen molar-refractivity contribution >= 4 is 39.4 Å². The SMILES string of the molecule is Cc1cc(C#N)cc(Oc2c(Br)ccc(CNC(=O)c3nc(N)[nH]c3Cl)c2F)c1. The second-order valence-electron chi connectivity index (χ2n) is 6.07. The van der Waals surface area contributed by atoms with E-state index in [2.05, 4.69) is 31.2 Å². The number of rotatable bonds is 5. The first-order valence-corrected chi connectivity index (χ1v) is 9.41. The molecule has 7 nitrogen and oxygen atoms in total. The number of amides is 1. The Balaban J connectivity index is 1.82. The van der Waals surface area contributed by atoms with Crippen molar-refractivity contribution in [1.82, 2.24) is 15.3 Å². The fourth-order valence-corrected chi connectivity index (χ4v) is 3.18. The monoisotopic (exact) mass is 477 g/mol. The van der Waals surface area contributed by atoms with Gasteiger partial charge in [0.1, 0.15) is 10.9 Å². The van der Waals surface area contributed by atoms with E-state index in [1.165, 1.54) is 12.1 Å². The number of imidazole rings is 1. The van der Waals surface area contributed by atoms with Gasteiger partial charge in [-0.05, 0) is 52.7 Å². The number of anilines is 1. The summed E-state index contributed by atoms with van der Waals surface area (Å²) in [6.07, 6.45) is 0. The molecule has 1 amide bonds. The van der Waals surface area contributed by atoms with Gasteiger partial charge in [-0.15, -0.1) is 0 Å². The summed E-state index contributed by atoms with van der Waals surface area (Å²) in [5, 5.41) is 11.6. The summed E-state index contributed by atoms with van der Waals surface area (Å²) in [7, 11) is 0. The zero-order chi connectivity index (χ0) is 21.1. The Kier molecular flexibility index (Phi) is 6.06. The number of nitrogens with zero attached hydrogens (tertiary/aromatic N) is 2. The highest BCUT2D eigenvalue weighted by atomic mass is 79.9. The summed E-state index contributed by atoms with van der Waals surface area (Å²) in [5.74, 6) is -1.01. The number of aromatic nitrogens is 2. The topological polar surface area (TPSA) is 117 Å². The summed E-state index contributed by atoms with van der Waals surface area (Å²) in [6, 6.07) is 10.0. The predicted octanol–water partition coefficient (Wildman–Crippen LogP) is 4.45. The van der Waals surface area contributed by atoms with Crippen molar-refractivity contribution in [1.29, 1.82) is 5.26 Å². The average molecular weight is 479 g/mol. The van der Waals surface area contributed by atoms with E-state index in [0.717, 1.165) is 5.56 Å². The molecule has 29 heavy (non-hydrogen) atoms. The summed E-state index contributed by atoms with van der Waals surface area (Å²) in [6.45, 7) is 1.67. The van der Waals surface area contributed by atoms with Crippen LogP contribution in [0.2, 0.25) is 5.15 Å². The lowest BCUT2D eigenvalue weighted by Gasteiger charge is -2.13. The number of benzene rings is 2. The van der Waals surface area contributed by atoms with Gasteiger partial charge in [0.2, 0.25) is 0 Å². The number of carbonyl (C=O) groups excluding carboxylic acids is 1. The lowest BCUT2D eigenvalue weighted by Crippen LogP contribution is -2.24. The quantitative estimate of drug-likeness (QED) is 0.501. The van der Waals surface area contributed by atoms with Crippen molar-refractivity contribution in [3.05, 3.63) is 68.2 Å². The van der Waals surface area contributed by atoms with Gasteiger partial charge in [0.15, 0.2) is 23.2 Å². The number of H-pyrrole nitrogens is 1. The van der Waals surface area contributed by atoms with Crippen LogP contribution in [0.1, 0.15) is 27.2 Å². The van der Waals surface area contributed by atoms with Crippen molar-refractivity contribution in [2.75, 3.05) is 5.73 Å². The van der Waals surface area contributed by atoms with Crippen LogP contribution in [0.5, 0.6) is 11.5 Å². The predicted molar refractivity (Wildman–Crippen MR) is 109 cm³/mol. The molecule has 0 radical (unpaired) electrons. The molecule has 1 heterocycles. The van der Waals surface area contributed by atoms with Crippen molar-refractivity contribution in [2.24, 2.45) is 0 Å². The van der Waals surface area contributed by atoms with Gasteiger partial charge < -0.3 is 20.8 Å². The number of carbonyl (C=O) groups is 1. The number of ether oxygens (including phenoxy) is 1. The molecule has 0 aliphatic rings. The third kappa shape index (κ3) is 4.67. The maximum atomic E-state index is 15.0. The summed E-state index contributed by atoms with van der Waals surface area (Å²) < 4.78 is 21.1. The van der Waals surface area contributed by atoms with Gasteiger partial charge >= 0.3 is 0 Å². The minimum atomic E-state index is -0.660. The Hall–Kier alpha value is -3.09. The number of hydrogen-bond acceptors (Lipinski definition) is 5. The van der Waals surface area contributed by atoms with Gasteiger partial charge in [-0.3, -0.25) is 4.79 Å². The molecule has 2 aromatic carbocycles. The first kappa shape index (κ1) is 20.6. The number of nitriles is 1. The molecule has 0 unspecified atom stereocenters. The van der Waals surface area contributed by atoms with E-state index in [1.807, 2.05) is 6.07 Å². The highest BCUT2D eigenvalue weighted by Crippen LogP contribution is 2.35. The fraction of sp³-hybridized carbons (Fsp3) is 0.105. The number of nitrogens with one attached hydrogen (secondary N) is 2. The van der Waals surface area contributed by atoms with Crippen LogP contribution in [-0.4, -0.2) is 15.9 Å². The van der Waals surface area contributed by atoms with Gasteiger partial charge in [0.05, 0.1) is 16.1 Å². The molecule has 3 rings (SSSR count). The van der Waals surface area contributed by atoms with Gasteiger partial charge in [-0.2, -0.15) is 5.26 Å². The number of nitrogens with two attached hydrogens (primary N) is 1. The van der Waals surface area contributed by atoms with Crippen LogP contribution in [0, 0.1) is 24.1 Å². The number of hydrogen-bond donors (Lipinski definition) is 3. The zero-order valence-electron chi connectivity index (χ0n) is 15.0. The Bertz CT molecular complexity index is 1140. The van der Waals surface area contributed by atoms with E-state index < -0.39 is 11.7 Å². The second kappa shape index (κ2) is 8.51. The third-order valence-electron chi connectivity index (χ3n) is 3.86. The van der Waals surface area contributed by atoms with Crippen molar-refractivity contribution < 1.29 is 13.9 Å². The molecule has 0 aliphatic heterocycles. The van der Waals surface area contributed by atoms with Crippen LogP contribution in [0.3, 0.4) is 0 Å². The van der Waals surface area contributed by atoms with E-state index >= 15 is 0 Å². The molecule has 0 atom stereocenters. The zero-order valence-corrected chi connectivity index (χ0v) is 17.4. The normalized spacial score (nSPS) is 10.4. The fourth-order valence-electron chi connectivity index (χ4n) is 2.57. The number of aryl methyl sites for hydroxylation is 1. The van der Waals surface area contributed by atoms with E-state index in [0.29, 0.717) is 15.8 Å². The maximum Gasteiger partial charge on any atom is 0.273 e. The molecule has 3 aromatic rings. The minimum Gasteiger partial charge on any atom is -0.453 e. The highest BCUT2D eigenvalue weighted by Gasteiger charge is 2.18. The number of halogens is 3. The van der Waals surface area contributed by atoms with Crippen molar-refractivity contribution in [3.8, 4) is 17.6 Å². The Morgan fingerprint density at radius 1 is 1.45 bits per heavy atom. The van der Waals surface area contributed by atoms with Crippen molar-refractivity contribution in [3.63, 3.8) is 0 Å². The van der Waals surface area contributed by atoms with Gasteiger partial charge in [0, 0.05) is 12.1 Å². The van der Waals surface area contributed by atoms with Gasteiger partial charge in [0.25, 0.3) is 5.91 Å². The second-order valence-corrected chi connectivity index (χ2v) is 7.30. The number of aromatic amines is 1. The van der Waals surface area contributed by atoms with Crippen LogP contribution in [0.25, 0.3) is 0 Å². The molecule has 0 saturated heterocycles. The van der Waals surface area contributed by atoms with Crippen LogP contribution >= 0.6 is 27.5 Å². The lowest BCUT2D eigenvalue weighted by atomic mass is 10.1.